The fourth-order valence-electron chi connectivity index (χ4n) is 1.28. The van der Waals surface area contributed by atoms with Crippen LogP contribution in [0.4, 0.5) is 5.82 Å². The zero-order valence-electron chi connectivity index (χ0n) is 8.77. The Morgan fingerprint density at radius 3 is 2.60 bits per heavy atom. The molecular formula is C11H13N3S. The molecule has 0 aromatic carbocycles. The quantitative estimate of drug-likeness (QED) is 0.845. The monoisotopic (exact) mass is 219 g/mol. The van der Waals surface area contributed by atoms with E-state index in [1.165, 1.54) is 16.9 Å². The summed E-state index contributed by atoms with van der Waals surface area (Å²) in [4.78, 5) is 8.57. The molecule has 0 saturated heterocycles. The number of anilines is 1. The molecule has 4 heteroatoms. The van der Waals surface area contributed by atoms with Gasteiger partial charge in [0.15, 0.2) is 0 Å². The summed E-state index contributed by atoms with van der Waals surface area (Å²) in [7, 11) is 0. The summed E-state index contributed by atoms with van der Waals surface area (Å²) in [5.41, 5.74) is 7.69. The molecule has 2 aromatic rings. The Morgan fingerprint density at radius 2 is 2.13 bits per heavy atom. The molecule has 0 amide bonds. The standard InChI is InChI=1S/C11H13N3S/c1-7(2)8-3-4-9(13-5-8)11-14-10(12)6-15-11/h3-7H,12H2,1-2H3. The summed E-state index contributed by atoms with van der Waals surface area (Å²) >= 11 is 1.52. The van der Waals surface area contributed by atoms with Crippen LogP contribution in [0.5, 0.6) is 0 Å². The maximum absolute atomic E-state index is 5.57. The third kappa shape index (κ3) is 2.15. The molecule has 0 fully saturated rings. The van der Waals surface area contributed by atoms with E-state index in [-0.39, 0.29) is 0 Å². The lowest BCUT2D eigenvalue weighted by Gasteiger charge is -2.04. The average molecular weight is 219 g/mol. The Morgan fingerprint density at radius 1 is 1.33 bits per heavy atom. The van der Waals surface area contributed by atoms with E-state index in [0.29, 0.717) is 11.7 Å². The van der Waals surface area contributed by atoms with E-state index in [0.717, 1.165) is 10.7 Å². The molecule has 0 atom stereocenters. The molecule has 0 saturated carbocycles. The van der Waals surface area contributed by atoms with Crippen molar-refractivity contribution >= 4 is 17.2 Å². The third-order valence-electron chi connectivity index (χ3n) is 2.19. The molecule has 2 N–H and O–H groups in total. The zero-order chi connectivity index (χ0) is 10.8. The molecule has 0 aliphatic carbocycles. The number of pyridine rings is 1. The van der Waals surface area contributed by atoms with E-state index in [9.17, 15) is 0 Å². The second-order valence-electron chi connectivity index (χ2n) is 3.71. The first kappa shape index (κ1) is 10.1. The van der Waals surface area contributed by atoms with Crippen LogP contribution in [0.2, 0.25) is 0 Å². The number of hydrogen-bond donors (Lipinski definition) is 1. The van der Waals surface area contributed by atoms with Crippen molar-refractivity contribution in [2.24, 2.45) is 0 Å². The van der Waals surface area contributed by atoms with Gasteiger partial charge in [-0.1, -0.05) is 19.9 Å². The first-order valence-electron chi connectivity index (χ1n) is 4.84. The minimum atomic E-state index is 0.507. The van der Waals surface area contributed by atoms with Gasteiger partial charge in [0.1, 0.15) is 10.8 Å². The third-order valence-corrected chi connectivity index (χ3v) is 3.08. The molecule has 0 unspecified atom stereocenters. The maximum atomic E-state index is 5.57. The highest BCUT2D eigenvalue weighted by atomic mass is 32.1. The van der Waals surface area contributed by atoms with Gasteiger partial charge in [0.05, 0.1) is 5.69 Å². The van der Waals surface area contributed by atoms with Gasteiger partial charge in [-0.3, -0.25) is 4.98 Å². The van der Waals surface area contributed by atoms with Gasteiger partial charge in [-0.25, -0.2) is 4.98 Å². The van der Waals surface area contributed by atoms with Crippen molar-refractivity contribution in [1.82, 2.24) is 9.97 Å². The first-order valence-corrected chi connectivity index (χ1v) is 5.72. The second kappa shape index (κ2) is 3.98. The van der Waals surface area contributed by atoms with Gasteiger partial charge in [0, 0.05) is 11.6 Å². The molecular weight excluding hydrogens is 206 g/mol. The van der Waals surface area contributed by atoms with Crippen LogP contribution in [-0.2, 0) is 0 Å². The molecule has 2 aromatic heterocycles. The fraction of sp³-hybridized carbons (Fsp3) is 0.273. The van der Waals surface area contributed by atoms with Crippen molar-refractivity contribution in [2.45, 2.75) is 19.8 Å². The Bertz CT molecular complexity index is 445. The summed E-state index contributed by atoms with van der Waals surface area (Å²) in [5.74, 6) is 1.07. The highest BCUT2D eigenvalue weighted by Crippen LogP contribution is 2.23. The number of aromatic nitrogens is 2. The largest absolute Gasteiger partial charge is 0.383 e. The number of nitrogen functional groups attached to an aromatic ring is 1. The van der Waals surface area contributed by atoms with Gasteiger partial charge in [-0.15, -0.1) is 11.3 Å². The van der Waals surface area contributed by atoms with Crippen LogP contribution in [0.1, 0.15) is 25.3 Å². The molecule has 3 nitrogen and oxygen atoms in total. The summed E-state index contributed by atoms with van der Waals surface area (Å²) in [5, 5.41) is 2.70. The molecule has 0 radical (unpaired) electrons. The Balaban J connectivity index is 2.31. The summed E-state index contributed by atoms with van der Waals surface area (Å²) in [6.07, 6.45) is 1.90. The van der Waals surface area contributed by atoms with Crippen molar-refractivity contribution in [2.75, 3.05) is 5.73 Å². The maximum Gasteiger partial charge on any atom is 0.144 e. The van der Waals surface area contributed by atoms with Crippen molar-refractivity contribution in [3.8, 4) is 10.7 Å². The van der Waals surface area contributed by atoms with Crippen LogP contribution in [0.3, 0.4) is 0 Å². The summed E-state index contributed by atoms with van der Waals surface area (Å²) in [6, 6.07) is 4.08. The van der Waals surface area contributed by atoms with E-state index < -0.39 is 0 Å². The molecule has 78 valence electrons. The fourth-order valence-corrected chi connectivity index (χ4v) is 1.96. The molecule has 0 bridgehead atoms. The molecule has 0 aliphatic heterocycles. The SMILES string of the molecule is CC(C)c1ccc(-c2nc(N)cs2)nc1. The highest BCUT2D eigenvalue weighted by Gasteiger charge is 2.05. The average Bonchev–Trinajstić information content (AvgIpc) is 2.65. The number of nitrogens with zero attached hydrogens (tertiary/aromatic N) is 2. The lowest BCUT2D eigenvalue weighted by atomic mass is 10.1. The molecule has 0 spiro atoms. The zero-order valence-corrected chi connectivity index (χ0v) is 9.58. The van der Waals surface area contributed by atoms with Gasteiger partial charge in [0.2, 0.25) is 0 Å². The van der Waals surface area contributed by atoms with Crippen molar-refractivity contribution in [3.63, 3.8) is 0 Å². The van der Waals surface area contributed by atoms with Gasteiger partial charge in [-0.05, 0) is 17.5 Å². The molecule has 0 aliphatic rings. The Kier molecular flexibility index (Phi) is 2.68. The summed E-state index contributed by atoms with van der Waals surface area (Å²) in [6.45, 7) is 4.30. The van der Waals surface area contributed by atoms with E-state index in [1.807, 2.05) is 17.6 Å². The number of thiazole rings is 1. The van der Waals surface area contributed by atoms with Crippen LogP contribution in [0, 0.1) is 0 Å². The van der Waals surface area contributed by atoms with Crippen molar-refractivity contribution in [1.29, 1.82) is 0 Å². The minimum absolute atomic E-state index is 0.507. The van der Waals surface area contributed by atoms with Crippen LogP contribution in [0.15, 0.2) is 23.7 Å². The van der Waals surface area contributed by atoms with Gasteiger partial charge < -0.3 is 5.73 Å². The van der Waals surface area contributed by atoms with E-state index in [2.05, 4.69) is 29.9 Å². The van der Waals surface area contributed by atoms with E-state index in [4.69, 9.17) is 5.73 Å². The molecule has 2 heterocycles. The van der Waals surface area contributed by atoms with E-state index >= 15 is 0 Å². The smallest absolute Gasteiger partial charge is 0.144 e. The first-order chi connectivity index (χ1) is 7.16. The van der Waals surface area contributed by atoms with Gasteiger partial charge in [0.25, 0.3) is 0 Å². The number of nitrogens with two attached hydrogens (primary N) is 1. The lowest BCUT2D eigenvalue weighted by molar-refractivity contribution is 0.859. The molecule has 2 rings (SSSR count). The van der Waals surface area contributed by atoms with Crippen LogP contribution < -0.4 is 5.73 Å². The van der Waals surface area contributed by atoms with Crippen LogP contribution >= 0.6 is 11.3 Å². The van der Waals surface area contributed by atoms with Gasteiger partial charge >= 0.3 is 0 Å². The topological polar surface area (TPSA) is 51.8 Å². The predicted molar refractivity (Wildman–Crippen MR) is 63.8 cm³/mol. The highest BCUT2D eigenvalue weighted by molar-refractivity contribution is 7.13. The summed E-state index contributed by atoms with van der Waals surface area (Å²) < 4.78 is 0. The minimum Gasteiger partial charge on any atom is -0.383 e. The predicted octanol–water partition coefficient (Wildman–Crippen LogP) is 2.91. The Hall–Kier alpha value is -1.42. The number of hydrogen-bond acceptors (Lipinski definition) is 4. The number of rotatable bonds is 2. The normalized spacial score (nSPS) is 10.9. The van der Waals surface area contributed by atoms with Gasteiger partial charge in [-0.2, -0.15) is 0 Å². The Labute approximate surface area is 93.0 Å². The van der Waals surface area contributed by atoms with Crippen molar-refractivity contribution in [3.05, 3.63) is 29.3 Å². The molecule has 15 heavy (non-hydrogen) atoms. The second-order valence-corrected chi connectivity index (χ2v) is 4.57. The van der Waals surface area contributed by atoms with E-state index in [1.54, 1.807) is 0 Å². The van der Waals surface area contributed by atoms with Crippen LogP contribution in [-0.4, -0.2) is 9.97 Å². The van der Waals surface area contributed by atoms with Crippen molar-refractivity contribution < 1.29 is 0 Å². The lowest BCUT2D eigenvalue weighted by Crippen LogP contribution is -1.90. The van der Waals surface area contributed by atoms with Crippen LogP contribution in [0.25, 0.3) is 10.7 Å².